The molecule has 0 radical (unpaired) electrons. The van der Waals surface area contributed by atoms with Crippen molar-refractivity contribution in [1.82, 2.24) is 4.90 Å². The van der Waals surface area contributed by atoms with Crippen molar-refractivity contribution in [2.45, 2.75) is 19.4 Å². The third kappa shape index (κ3) is 1.34. The smallest absolute Gasteiger partial charge is 0.181 e. The number of hydroxylamine groups is 3. The molecule has 1 unspecified atom stereocenters. The molecule has 12 heavy (non-hydrogen) atoms. The molecule has 5 nitrogen and oxygen atoms in total. The minimum Gasteiger partial charge on any atom is -0.630 e. The predicted molar refractivity (Wildman–Crippen MR) is 43.5 cm³/mol. The van der Waals surface area contributed by atoms with Gasteiger partial charge in [0.15, 0.2) is 6.73 Å². The van der Waals surface area contributed by atoms with Crippen LogP contribution in [0.2, 0.25) is 0 Å². The van der Waals surface area contributed by atoms with E-state index in [1.165, 1.54) is 0 Å². The molecular weight excluding hydrogens is 160 g/mol. The summed E-state index contributed by atoms with van der Waals surface area (Å²) in [5, 5.41) is 29.6. The minimum absolute atomic E-state index is 0.119. The van der Waals surface area contributed by atoms with E-state index in [0.717, 1.165) is 0 Å². The summed E-state index contributed by atoms with van der Waals surface area (Å²) < 4.78 is -0.659. The van der Waals surface area contributed by atoms with Gasteiger partial charge >= 0.3 is 0 Å². The van der Waals surface area contributed by atoms with Crippen LogP contribution in [0.4, 0.5) is 0 Å². The van der Waals surface area contributed by atoms with E-state index in [1.807, 2.05) is 0 Å². The van der Waals surface area contributed by atoms with Crippen molar-refractivity contribution in [3.8, 4) is 0 Å². The van der Waals surface area contributed by atoms with E-state index in [2.05, 4.69) is 0 Å². The summed E-state index contributed by atoms with van der Waals surface area (Å²) in [7, 11) is 0. The van der Waals surface area contributed by atoms with Gasteiger partial charge in [0.25, 0.3) is 0 Å². The van der Waals surface area contributed by atoms with Gasteiger partial charge in [-0.05, 0) is 13.8 Å². The van der Waals surface area contributed by atoms with Crippen LogP contribution < -0.4 is 0 Å². The second-order valence-corrected chi connectivity index (χ2v) is 3.95. The van der Waals surface area contributed by atoms with Crippen LogP contribution in [-0.4, -0.2) is 52.0 Å². The number of aliphatic hydroxyl groups excluding tert-OH is 2. The molecule has 1 fully saturated rings. The zero-order valence-electron chi connectivity index (χ0n) is 7.53. The van der Waals surface area contributed by atoms with Crippen LogP contribution >= 0.6 is 0 Å². The van der Waals surface area contributed by atoms with E-state index < -0.39 is 16.9 Å². The lowest BCUT2D eigenvalue weighted by molar-refractivity contribution is -0.934. The average Bonchev–Trinajstić information content (AvgIpc) is 2.24. The third-order valence-electron chi connectivity index (χ3n) is 2.57. The standard InChI is InChI=1S/C7H16N2O3/c1-7(2)3-8(5-10)4-9(7,12)6-11/h10-11H,3-6H2,1-2H3. The van der Waals surface area contributed by atoms with Crippen LogP contribution in [0.3, 0.4) is 0 Å². The molecule has 1 heterocycles. The highest BCUT2D eigenvalue weighted by atomic mass is 16.6. The fourth-order valence-electron chi connectivity index (χ4n) is 1.57. The zero-order chi connectivity index (χ0) is 9.41. The Balaban J connectivity index is 2.76. The Morgan fingerprint density at radius 3 is 2.33 bits per heavy atom. The molecule has 1 aliphatic rings. The average molecular weight is 176 g/mol. The second kappa shape index (κ2) is 2.93. The monoisotopic (exact) mass is 176 g/mol. The van der Waals surface area contributed by atoms with E-state index in [-0.39, 0.29) is 13.4 Å². The summed E-state index contributed by atoms with van der Waals surface area (Å²) in [5.41, 5.74) is -0.530. The molecule has 5 heteroatoms. The first-order valence-electron chi connectivity index (χ1n) is 3.97. The minimum atomic E-state index is -0.659. The molecule has 1 rings (SSSR count). The van der Waals surface area contributed by atoms with Gasteiger partial charge in [0, 0.05) is 0 Å². The van der Waals surface area contributed by atoms with Gasteiger partial charge < -0.3 is 20.1 Å². The van der Waals surface area contributed by atoms with Crippen LogP contribution in [-0.2, 0) is 0 Å². The maximum absolute atomic E-state index is 11.8. The number of aliphatic hydroxyl groups is 2. The van der Waals surface area contributed by atoms with Gasteiger partial charge in [0.05, 0.1) is 6.54 Å². The molecule has 2 N–H and O–H groups in total. The Kier molecular flexibility index (Phi) is 2.42. The van der Waals surface area contributed by atoms with E-state index in [1.54, 1.807) is 18.7 Å². The maximum atomic E-state index is 11.8. The summed E-state index contributed by atoms with van der Waals surface area (Å²) in [5.74, 6) is 0. The van der Waals surface area contributed by atoms with Gasteiger partial charge in [-0.2, -0.15) is 0 Å². The number of hydrogen-bond donors (Lipinski definition) is 2. The van der Waals surface area contributed by atoms with Crippen LogP contribution in [0, 0.1) is 5.21 Å². The van der Waals surface area contributed by atoms with Crippen molar-refractivity contribution in [3.63, 3.8) is 0 Å². The van der Waals surface area contributed by atoms with E-state index in [0.29, 0.717) is 6.54 Å². The highest BCUT2D eigenvalue weighted by Crippen LogP contribution is 2.30. The van der Waals surface area contributed by atoms with E-state index in [4.69, 9.17) is 10.2 Å². The topological polar surface area (TPSA) is 66.8 Å². The largest absolute Gasteiger partial charge is 0.630 e. The summed E-state index contributed by atoms with van der Waals surface area (Å²) in [6, 6.07) is 0. The number of hydrogen-bond acceptors (Lipinski definition) is 4. The van der Waals surface area contributed by atoms with Gasteiger partial charge in [0.1, 0.15) is 18.9 Å². The molecule has 1 saturated heterocycles. The lowest BCUT2D eigenvalue weighted by Crippen LogP contribution is -2.54. The molecule has 0 aliphatic carbocycles. The number of rotatable bonds is 2. The van der Waals surface area contributed by atoms with Crippen molar-refractivity contribution < 1.29 is 14.9 Å². The summed E-state index contributed by atoms with van der Waals surface area (Å²) in [6.07, 6.45) is 0. The van der Waals surface area contributed by atoms with Gasteiger partial charge in [0.2, 0.25) is 0 Å². The van der Waals surface area contributed by atoms with Crippen molar-refractivity contribution in [2.75, 3.05) is 26.7 Å². The molecule has 0 spiro atoms. The van der Waals surface area contributed by atoms with Crippen LogP contribution in [0.15, 0.2) is 0 Å². The first kappa shape index (κ1) is 9.88. The van der Waals surface area contributed by atoms with Crippen LogP contribution in [0.25, 0.3) is 0 Å². The second-order valence-electron chi connectivity index (χ2n) is 3.95. The molecule has 1 atom stereocenters. The highest BCUT2D eigenvalue weighted by molar-refractivity contribution is 4.80. The molecule has 0 amide bonds. The maximum Gasteiger partial charge on any atom is 0.181 e. The van der Waals surface area contributed by atoms with Crippen molar-refractivity contribution >= 4 is 0 Å². The third-order valence-corrected chi connectivity index (χ3v) is 2.57. The first-order chi connectivity index (χ1) is 5.45. The van der Waals surface area contributed by atoms with Crippen molar-refractivity contribution in [2.24, 2.45) is 0 Å². The highest BCUT2D eigenvalue weighted by Gasteiger charge is 2.45. The van der Waals surface area contributed by atoms with Gasteiger partial charge in [-0.1, -0.05) is 0 Å². The van der Waals surface area contributed by atoms with Crippen molar-refractivity contribution in [1.29, 1.82) is 0 Å². The SMILES string of the molecule is CC1(C)CN(CO)C[N+]1([O-])CO. The fourth-order valence-corrected chi connectivity index (χ4v) is 1.57. The number of quaternary nitrogens is 1. The van der Waals surface area contributed by atoms with Crippen LogP contribution in [0.1, 0.15) is 13.8 Å². The molecule has 1 aliphatic heterocycles. The molecule has 0 bridgehead atoms. The van der Waals surface area contributed by atoms with Crippen molar-refractivity contribution in [3.05, 3.63) is 5.21 Å². The van der Waals surface area contributed by atoms with E-state index in [9.17, 15) is 5.21 Å². The van der Waals surface area contributed by atoms with E-state index >= 15 is 0 Å². The molecular formula is C7H16N2O3. The molecule has 0 aromatic rings. The number of nitrogens with zero attached hydrogens (tertiary/aromatic N) is 2. The van der Waals surface area contributed by atoms with Gasteiger partial charge in [-0.25, -0.2) is 4.90 Å². The summed E-state index contributed by atoms with van der Waals surface area (Å²) in [6.45, 7) is 3.74. The predicted octanol–water partition coefficient (Wildman–Crippen LogP) is -0.748. The summed E-state index contributed by atoms with van der Waals surface area (Å²) in [4.78, 5) is 1.63. The lowest BCUT2D eigenvalue weighted by atomic mass is 10.1. The Hall–Kier alpha value is -0.200. The Morgan fingerprint density at radius 2 is 2.08 bits per heavy atom. The molecule has 0 aromatic carbocycles. The molecule has 72 valence electrons. The van der Waals surface area contributed by atoms with Crippen LogP contribution in [0.5, 0.6) is 0 Å². The lowest BCUT2D eigenvalue weighted by Gasteiger charge is -2.46. The van der Waals surface area contributed by atoms with Gasteiger partial charge in [-0.3, -0.25) is 0 Å². The fraction of sp³-hybridized carbons (Fsp3) is 1.00. The quantitative estimate of drug-likeness (QED) is 0.429. The zero-order valence-corrected chi connectivity index (χ0v) is 7.53. The normalized spacial score (nSPS) is 35.8. The Morgan fingerprint density at radius 1 is 1.50 bits per heavy atom. The summed E-state index contributed by atoms with van der Waals surface area (Å²) >= 11 is 0. The Bertz CT molecular complexity index is 174. The Labute approximate surface area is 72.0 Å². The van der Waals surface area contributed by atoms with Gasteiger partial charge in [-0.15, -0.1) is 0 Å². The molecule has 0 saturated carbocycles. The molecule has 0 aromatic heterocycles. The first-order valence-corrected chi connectivity index (χ1v) is 3.97.